The SMILES string of the molecule is COc1ccc(COc2nc(N3c4ccccc4C[C@H]3C)ncc2OC(=O)NN2CCCCCC2=O)cc1. The van der Waals surface area contributed by atoms with E-state index in [4.69, 9.17) is 14.2 Å². The molecule has 0 bridgehead atoms. The summed E-state index contributed by atoms with van der Waals surface area (Å²) in [6, 6.07) is 15.7. The highest BCUT2D eigenvalue weighted by atomic mass is 16.6. The van der Waals surface area contributed by atoms with Gasteiger partial charge in [0.05, 0.1) is 13.3 Å². The number of anilines is 2. The van der Waals surface area contributed by atoms with Crippen LogP contribution in [0.1, 0.15) is 43.7 Å². The fraction of sp³-hybridized carbons (Fsp3) is 0.357. The van der Waals surface area contributed by atoms with Crippen LogP contribution in [0.3, 0.4) is 0 Å². The van der Waals surface area contributed by atoms with E-state index in [9.17, 15) is 9.59 Å². The molecule has 0 radical (unpaired) electrons. The minimum Gasteiger partial charge on any atom is -0.497 e. The molecular weight excluding hydrogens is 486 g/mol. The molecule has 1 aromatic heterocycles. The van der Waals surface area contributed by atoms with E-state index in [1.165, 1.54) is 16.8 Å². The van der Waals surface area contributed by atoms with Gasteiger partial charge in [-0.2, -0.15) is 4.98 Å². The lowest BCUT2D eigenvalue weighted by atomic mass is 10.1. The average Bonchev–Trinajstić information content (AvgIpc) is 3.14. The van der Waals surface area contributed by atoms with Gasteiger partial charge in [-0.1, -0.05) is 36.8 Å². The Hall–Kier alpha value is -4.34. The third-order valence-corrected chi connectivity index (χ3v) is 6.67. The van der Waals surface area contributed by atoms with E-state index >= 15 is 0 Å². The van der Waals surface area contributed by atoms with Crippen LogP contribution in [-0.2, 0) is 17.8 Å². The number of carbonyl (C=O) groups is 2. The molecule has 0 aliphatic carbocycles. The number of amides is 2. The fourth-order valence-electron chi connectivity index (χ4n) is 4.71. The van der Waals surface area contributed by atoms with Crippen LogP contribution in [0, 0.1) is 0 Å². The van der Waals surface area contributed by atoms with Crippen molar-refractivity contribution < 1.29 is 23.8 Å². The number of hydrogen-bond donors (Lipinski definition) is 1. The van der Waals surface area contributed by atoms with Gasteiger partial charge in [0.15, 0.2) is 0 Å². The maximum absolute atomic E-state index is 12.7. The second kappa shape index (κ2) is 11.4. The third kappa shape index (κ3) is 5.64. The van der Waals surface area contributed by atoms with Crippen molar-refractivity contribution in [2.45, 2.75) is 51.7 Å². The monoisotopic (exact) mass is 517 g/mol. The summed E-state index contributed by atoms with van der Waals surface area (Å²) in [5.41, 5.74) is 5.68. The van der Waals surface area contributed by atoms with Crippen LogP contribution >= 0.6 is 0 Å². The molecule has 0 saturated carbocycles. The number of nitrogens with zero attached hydrogens (tertiary/aromatic N) is 4. The lowest BCUT2D eigenvalue weighted by Gasteiger charge is -2.24. The van der Waals surface area contributed by atoms with Gasteiger partial charge in [0.1, 0.15) is 12.4 Å². The molecule has 10 nitrogen and oxygen atoms in total. The maximum Gasteiger partial charge on any atom is 0.431 e. The molecule has 5 rings (SSSR count). The number of nitrogens with one attached hydrogen (secondary N) is 1. The van der Waals surface area contributed by atoms with E-state index in [0.717, 1.165) is 42.7 Å². The van der Waals surface area contributed by atoms with Gasteiger partial charge < -0.3 is 19.1 Å². The van der Waals surface area contributed by atoms with Crippen molar-refractivity contribution in [2.24, 2.45) is 0 Å². The lowest BCUT2D eigenvalue weighted by Crippen LogP contribution is -2.47. The fourth-order valence-corrected chi connectivity index (χ4v) is 4.71. The second-order valence-corrected chi connectivity index (χ2v) is 9.39. The van der Waals surface area contributed by atoms with Crippen molar-refractivity contribution in [3.05, 3.63) is 65.9 Å². The Morgan fingerprint density at radius 1 is 1.11 bits per heavy atom. The van der Waals surface area contributed by atoms with Crippen molar-refractivity contribution in [3.8, 4) is 17.4 Å². The first-order valence-electron chi connectivity index (χ1n) is 12.8. The first-order valence-corrected chi connectivity index (χ1v) is 12.8. The van der Waals surface area contributed by atoms with Crippen molar-refractivity contribution in [1.29, 1.82) is 0 Å². The van der Waals surface area contributed by atoms with E-state index in [0.29, 0.717) is 18.9 Å². The van der Waals surface area contributed by atoms with Crippen molar-refractivity contribution >= 4 is 23.6 Å². The van der Waals surface area contributed by atoms with Crippen LogP contribution in [0.25, 0.3) is 0 Å². The number of ether oxygens (including phenoxy) is 3. The molecule has 2 aliphatic heterocycles. The summed E-state index contributed by atoms with van der Waals surface area (Å²) >= 11 is 0. The molecule has 38 heavy (non-hydrogen) atoms. The van der Waals surface area contributed by atoms with Crippen molar-refractivity contribution in [3.63, 3.8) is 0 Å². The van der Waals surface area contributed by atoms with E-state index in [2.05, 4.69) is 33.3 Å². The quantitative estimate of drug-likeness (QED) is 0.487. The molecular formula is C28H31N5O5. The standard InChI is InChI=1S/C28H31N5O5/c1-19-16-21-8-5-6-9-23(21)33(19)27-29-17-24(38-28(35)31-32-15-7-3-4-10-25(32)34)26(30-27)37-18-20-11-13-22(36-2)14-12-20/h5-6,8-9,11-14,17,19H,3-4,7,10,15-16,18H2,1-2H3,(H,31,35)/t19-/m1/s1. The number of rotatable bonds is 7. The number of carbonyl (C=O) groups excluding carboxylic acids is 2. The molecule has 3 heterocycles. The largest absolute Gasteiger partial charge is 0.497 e. The number of aromatic nitrogens is 2. The Labute approximate surface area is 221 Å². The van der Waals surface area contributed by atoms with Gasteiger partial charge in [-0.25, -0.2) is 15.2 Å². The summed E-state index contributed by atoms with van der Waals surface area (Å²) in [5.74, 6) is 1.23. The summed E-state index contributed by atoms with van der Waals surface area (Å²) in [7, 11) is 1.61. The number of fused-ring (bicyclic) bond motifs is 1. The Balaban J connectivity index is 1.39. The second-order valence-electron chi connectivity index (χ2n) is 9.39. The van der Waals surface area contributed by atoms with Gasteiger partial charge in [0, 0.05) is 24.7 Å². The molecule has 0 spiro atoms. The summed E-state index contributed by atoms with van der Waals surface area (Å²) in [4.78, 5) is 36.2. The predicted octanol–water partition coefficient (Wildman–Crippen LogP) is 4.55. The predicted molar refractivity (Wildman–Crippen MR) is 140 cm³/mol. The smallest absolute Gasteiger partial charge is 0.431 e. The third-order valence-electron chi connectivity index (χ3n) is 6.67. The maximum atomic E-state index is 12.7. The zero-order valence-electron chi connectivity index (χ0n) is 21.6. The van der Waals surface area contributed by atoms with Gasteiger partial charge in [0.2, 0.25) is 17.6 Å². The van der Waals surface area contributed by atoms with Gasteiger partial charge >= 0.3 is 6.09 Å². The van der Waals surface area contributed by atoms with Gasteiger partial charge in [-0.15, -0.1) is 0 Å². The highest BCUT2D eigenvalue weighted by Crippen LogP contribution is 2.38. The molecule has 1 fully saturated rings. The molecule has 1 saturated heterocycles. The van der Waals surface area contributed by atoms with Crippen LogP contribution in [0.2, 0.25) is 0 Å². The number of hydrogen-bond acceptors (Lipinski definition) is 8. The van der Waals surface area contributed by atoms with Gasteiger partial charge in [-0.05, 0) is 55.5 Å². The van der Waals surface area contributed by atoms with Crippen molar-refractivity contribution in [2.75, 3.05) is 18.6 Å². The number of methoxy groups -OCH3 is 1. The molecule has 198 valence electrons. The lowest BCUT2D eigenvalue weighted by molar-refractivity contribution is -0.133. The Morgan fingerprint density at radius 3 is 2.74 bits per heavy atom. The van der Waals surface area contributed by atoms with Crippen LogP contribution in [0.15, 0.2) is 54.7 Å². The molecule has 0 unspecified atom stereocenters. The highest BCUT2D eigenvalue weighted by Gasteiger charge is 2.30. The Kier molecular flexibility index (Phi) is 7.57. The number of hydrazine groups is 1. The van der Waals surface area contributed by atoms with E-state index in [1.807, 2.05) is 42.5 Å². The molecule has 3 aromatic rings. The van der Waals surface area contributed by atoms with E-state index in [-0.39, 0.29) is 30.2 Å². The summed E-state index contributed by atoms with van der Waals surface area (Å²) < 4.78 is 16.8. The zero-order valence-corrected chi connectivity index (χ0v) is 21.6. The first-order chi connectivity index (χ1) is 18.5. The van der Waals surface area contributed by atoms with E-state index < -0.39 is 6.09 Å². The molecule has 1 N–H and O–H groups in total. The summed E-state index contributed by atoms with van der Waals surface area (Å²) in [5, 5.41) is 1.31. The minimum atomic E-state index is -0.800. The Morgan fingerprint density at radius 2 is 1.92 bits per heavy atom. The topological polar surface area (TPSA) is 106 Å². The summed E-state index contributed by atoms with van der Waals surface area (Å²) in [6.45, 7) is 2.74. The summed E-state index contributed by atoms with van der Waals surface area (Å²) in [6.07, 6.45) is 4.46. The zero-order chi connectivity index (χ0) is 26.5. The van der Waals surface area contributed by atoms with Crippen LogP contribution in [0.5, 0.6) is 17.4 Å². The highest BCUT2D eigenvalue weighted by molar-refractivity contribution is 5.80. The van der Waals surface area contributed by atoms with Gasteiger partial charge in [0.25, 0.3) is 5.88 Å². The molecule has 2 amide bonds. The molecule has 10 heteroatoms. The van der Waals surface area contributed by atoms with Gasteiger partial charge in [-0.3, -0.25) is 9.80 Å². The van der Waals surface area contributed by atoms with E-state index in [1.54, 1.807) is 7.11 Å². The Bertz CT molecular complexity index is 1300. The normalized spacial score (nSPS) is 17.0. The van der Waals surface area contributed by atoms with Crippen LogP contribution in [-0.4, -0.2) is 46.7 Å². The van der Waals surface area contributed by atoms with Crippen LogP contribution in [0.4, 0.5) is 16.4 Å². The number of benzene rings is 2. The van der Waals surface area contributed by atoms with Crippen molar-refractivity contribution in [1.82, 2.24) is 20.4 Å². The van der Waals surface area contributed by atoms with Crippen LogP contribution < -0.4 is 24.5 Å². The minimum absolute atomic E-state index is 0.0576. The molecule has 2 aromatic carbocycles. The molecule has 1 atom stereocenters. The number of para-hydroxylation sites is 1. The first kappa shape index (κ1) is 25.3. The molecule has 2 aliphatic rings. The average molecular weight is 518 g/mol.